The number of allylic oxidation sites excluding steroid dienone is 6. The summed E-state index contributed by atoms with van der Waals surface area (Å²) in [5.74, 6) is 2.71. The standard InChI is InChI=1S/C49H35N3O2/c1-3-12-36-37-17-9-10-19-41(37)53-42(36)24-22-31-21-23-38-44(29-31)54-43-20-11-18-39(45(38)43)48-51-46(33-14-5-4-6-15-33)50-47(52-48)34-26-28-49(2)27-25-32-13-7-8-16-35(32)40(49)30-34/h3-27,29-30H,28H2,1-2H3/b12-3-,24-22+. The number of rotatable bonds is 6. The Kier molecular flexibility index (Phi) is 7.48. The number of hydrogen-bond acceptors (Lipinski definition) is 5. The van der Waals surface area contributed by atoms with E-state index in [1.54, 1.807) is 0 Å². The molecule has 1 atom stereocenters. The second-order valence-corrected chi connectivity index (χ2v) is 14.2. The van der Waals surface area contributed by atoms with Crippen molar-refractivity contribution in [3.8, 4) is 22.8 Å². The smallest absolute Gasteiger partial charge is 0.164 e. The van der Waals surface area contributed by atoms with Gasteiger partial charge in [-0.3, -0.25) is 0 Å². The van der Waals surface area contributed by atoms with Crippen LogP contribution in [-0.4, -0.2) is 15.0 Å². The van der Waals surface area contributed by atoms with Crippen LogP contribution in [0.25, 0.3) is 91.1 Å². The molecule has 0 fully saturated rings. The monoisotopic (exact) mass is 697 g/mol. The number of benzene rings is 5. The Labute approximate surface area is 313 Å². The molecule has 0 radical (unpaired) electrons. The minimum Gasteiger partial charge on any atom is -0.456 e. The lowest BCUT2D eigenvalue weighted by atomic mass is 9.68. The Morgan fingerprint density at radius 2 is 1.43 bits per heavy atom. The summed E-state index contributed by atoms with van der Waals surface area (Å²) >= 11 is 0. The van der Waals surface area contributed by atoms with Crippen LogP contribution in [0.2, 0.25) is 0 Å². The first kappa shape index (κ1) is 31.9. The Bertz CT molecular complexity index is 2940. The summed E-state index contributed by atoms with van der Waals surface area (Å²) in [5.41, 5.74) is 11.0. The van der Waals surface area contributed by atoms with Gasteiger partial charge in [0.25, 0.3) is 0 Å². The largest absolute Gasteiger partial charge is 0.456 e. The van der Waals surface area contributed by atoms with Crippen molar-refractivity contribution in [2.24, 2.45) is 5.41 Å². The summed E-state index contributed by atoms with van der Waals surface area (Å²) in [5, 5.41) is 3.07. The zero-order valence-corrected chi connectivity index (χ0v) is 30.0. The van der Waals surface area contributed by atoms with E-state index in [1.165, 1.54) is 16.7 Å². The molecule has 2 aliphatic carbocycles. The van der Waals surface area contributed by atoms with Crippen LogP contribution < -0.4 is 0 Å². The van der Waals surface area contributed by atoms with Crippen molar-refractivity contribution in [1.82, 2.24) is 15.0 Å². The molecule has 2 aliphatic rings. The van der Waals surface area contributed by atoms with Gasteiger partial charge in [-0.1, -0.05) is 134 Å². The molecule has 0 saturated carbocycles. The van der Waals surface area contributed by atoms with E-state index in [9.17, 15) is 0 Å². The highest BCUT2D eigenvalue weighted by atomic mass is 16.3. The summed E-state index contributed by atoms with van der Waals surface area (Å²) < 4.78 is 12.7. The Morgan fingerprint density at radius 3 is 2.33 bits per heavy atom. The lowest BCUT2D eigenvalue weighted by Gasteiger charge is -2.35. The van der Waals surface area contributed by atoms with Crippen LogP contribution in [0.5, 0.6) is 0 Å². The molecule has 5 heteroatoms. The number of fused-ring (bicyclic) bond motifs is 7. The third-order valence-electron chi connectivity index (χ3n) is 10.7. The van der Waals surface area contributed by atoms with Gasteiger partial charge in [-0.15, -0.1) is 0 Å². The average molecular weight is 698 g/mol. The molecule has 3 heterocycles. The zero-order valence-electron chi connectivity index (χ0n) is 30.0. The Hall–Kier alpha value is -6.85. The molecule has 5 aromatic carbocycles. The molecule has 5 nitrogen and oxygen atoms in total. The zero-order chi connectivity index (χ0) is 36.2. The van der Waals surface area contributed by atoms with Crippen molar-refractivity contribution in [2.45, 2.75) is 20.3 Å². The van der Waals surface area contributed by atoms with Gasteiger partial charge in [-0.2, -0.15) is 0 Å². The van der Waals surface area contributed by atoms with Gasteiger partial charge < -0.3 is 8.83 Å². The molecule has 8 aromatic rings. The third-order valence-corrected chi connectivity index (χ3v) is 10.7. The lowest BCUT2D eigenvalue weighted by Crippen LogP contribution is -2.21. The van der Waals surface area contributed by atoms with Crippen molar-refractivity contribution in [3.05, 3.63) is 173 Å². The molecule has 10 rings (SSSR count). The molecule has 3 aromatic heterocycles. The third kappa shape index (κ3) is 5.36. The van der Waals surface area contributed by atoms with E-state index in [0.717, 1.165) is 72.9 Å². The molecule has 258 valence electrons. The number of aromatic nitrogens is 3. The van der Waals surface area contributed by atoms with Gasteiger partial charge >= 0.3 is 0 Å². The summed E-state index contributed by atoms with van der Waals surface area (Å²) in [6, 6.07) is 39.3. The van der Waals surface area contributed by atoms with E-state index in [4.69, 9.17) is 23.8 Å². The van der Waals surface area contributed by atoms with E-state index >= 15 is 0 Å². The van der Waals surface area contributed by atoms with E-state index in [2.05, 4.69) is 98.0 Å². The predicted molar refractivity (Wildman–Crippen MR) is 222 cm³/mol. The number of furan rings is 2. The first-order valence-electron chi connectivity index (χ1n) is 18.4. The summed E-state index contributed by atoms with van der Waals surface area (Å²) in [4.78, 5) is 15.4. The predicted octanol–water partition coefficient (Wildman–Crippen LogP) is 13.0. The maximum Gasteiger partial charge on any atom is 0.164 e. The van der Waals surface area contributed by atoms with Crippen LogP contribution >= 0.6 is 0 Å². The van der Waals surface area contributed by atoms with Gasteiger partial charge in [0.15, 0.2) is 17.5 Å². The topological polar surface area (TPSA) is 65.0 Å². The molecule has 0 amide bonds. The van der Waals surface area contributed by atoms with Crippen molar-refractivity contribution < 1.29 is 8.83 Å². The molecule has 0 N–H and O–H groups in total. The second-order valence-electron chi connectivity index (χ2n) is 14.2. The van der Waals surface area contributed by atoms with Gasteiger partial charge in [-0.25, -0.2) is 15.0 Å². The van der Waals surface area contributed by atoms with Crippen LogP contribution in [-0.2, 0) is 0 Å². The Balaban J connectivity index is 1.08. The van der Waals surface area contributed by atoms with Crippen molar-refractivity contribution in [1.29, 1.82) is 0 Å². The second kappa shape index (κ2) is 12.7. The summed E-state index contributed by atoms with van der Waals surface area (Å²) in [6.45, 7) is 4.32. The molecule has 0 saturated heterocycles. The van der Waals surface area contributed by atoms with Crippen LogP contribution in [0.3, 0.4) is 0 Å². The van der Waals surface area contributed by atoms with E-state index in [0.29, 0.717) is 17.5 Å². The van der Waals surface area contributed by atoms with E-state index in [-0.39, 0.29) is 5.41 Å². The molecule has 0 spiro atoms. The van der Waals surface area contributed by atoms with Crippen LogP contribution in [0.15, 0.2) is 148 Å². The fraction of sp³-hybridized carbons (Fsp3) is 0.0816. The SMILES string of the molecule is C/C=C\c1c(/C=C/c2ccc3c(c2)oc2cccc(-c4nc(C5=CCC6(C)C=Cc7ccccc7C6=C5)nc(-c5ccccc5)n4)c23)oc2ccccc12. The van der Waals surface area contributed by atoms with Gasteiger partial charge in [0, 0.05) is 43.8 Å². The van der Waals surface area contributed by atoms with Crippen molar-refractivity contribution >= 4 is 68.4 Å². The van der Waals surface area contributed by atoms with Gasteiger partial charge in [0.2, 0.25) is 0 Å². The molecule has 0 aliphatic heterocycles. The average Bonchev–Trinajstić information content (AvgIpc) is 3.77. The van der Waals surface area contributed by atoms with Crippen molar-refractivity contribution in [3.63, 3.8) is 0 Å². The van der Waals surface area contributed by atoms with Gasteiger partial charge in [0.05, 0.1) is 0 Å². The molecule has 1 unspecified atom stereocenters. The summed E-state index contributed by atoms with van der Waals surface area (Å²) in [6.07, 6.45) is 18.2. The maximum atomic E-state index is 6.52. The fourth-order valence-corrected chi connectivity index (χ4v) is 7.86. The first-order valence-corrected chi connectivity index (χ1v) is 18.4. The number of nitrogens with zero attached hydrogens (tertiary/aromatic N) is 3. The highest BCUT2D eigenvalue weighted by molar-refractivity contribution is 6.12. The normalized spacial score (nSPS) is 16.7. The minimum absolute atomic E-state index is 0.0910. The van der Waals surface area contributed by atoms with Crippen LogP contribution in [0.1, 0.15) is 54.1 Å². The van der Waals surface area contributed by atoms with E-state index < -0.39 is 0 Å². The van der Waals surface area contributed by atoms with Gasteiger partial charge in [-0.05, 0) is 72.0 Å². The highest BCUT2D eigenvalue weighted by Gasteiger charge is 2.33. The molecule has 0 bridgehead atoms. The van der Waals surface area contributed by atoms with Gasteiger partial charge in [0.1, 0.15) is 22.5 Å². The van der Waals surface area contributed by atoms with Crippen LogP contribution in [0, 0.1) is 5.41 Å². The molecule has 54 heavy (non-hydrogen) atoms. The van der Waals surface area contributed by atoms with Crippen LogP contribution in [0.4, 0.5) is 0 Å². The number of para-hydroxylation sites is 1. The highest BCUT2D eigenvalue weighted by Crippen LogP contribution is 2.49. The lowest BCUT2D eigenvalue weighted by molar-refractivity contribution is 0.579. The summed E-state index contributed by atoms with van der Waals surface area (Å²) in [7, 11) is 0. The van der Waals surface area contributed by atoms with Crippen molar-refractivity contribution in [2.75, 3.05) is 0 Å². The van der Waals surface area contributed by atoms with E-state index in [1.807, 2.05) is 79.7 Å². The minimum atomic E-state index is -0.0910. The maximum absolute atomic E-state index is 6.52. The quantitative estimate of drug-likeness (QED) is 0.173. The molecular weight excluding hydrogens is 663 g/mol. The first-order chi connectivity index (χ1) is 26.5. The molecular formula is C49H35N3O2. The number of hydrogen-bond donors (Lipinski definition) is 0. The fourth-order valence-electron chi connectivity index (χ4n) is 7.86. The Morgan fingerprint density at radius 1 is 0.648 bits per heavy atom.